The van der Waals surface area contributed by atoms with Crippen LogP contribution in [0.4, 0.5) is 0 Å². The molecule has 0 aromatic rings. The van der Waals surface area contributed by atoms with E-state index in [4.69, 9.17) is 10.8 Å². The molecule has 66 valence electrons. The van der Waals surface area contributed by atoms with Gasteiger partial charge in [0, 0.05) is 6.38 Å². The quantitative estimate of drug-likeness (QED) is 0.595. The second kappa shape index (κ2) is 4.57. The maximum absolute atomic E-state index is 10.4. The summed E-state index contributed by atoms with van der Waals surface area (Å²) in [6.07, 6.45) is 4.68. The average Bonchev–Trinajstić information content (AvgIpc) is 2.42. The van der Waals surface area contributed by atoms with Crippen LogP contribution in [-0.2, 0) is 4.79 Å². The van der Waals surface area contributed by atoms with Crippen LogP contribution in [0.25, 0.3) is 0 Å². The van der Waals surface area contributed by atoms with Crippen LogP contribution >= 0.6 is 11.6 Å². The number of aliphatic carboxylic acids is 1. The van der Waals surface area contributed by atoms with Crippen LogP contribution in [0.15, 0.2) is 0 Å². The summed E-state index contributed by atoms with van der Waals surface area (Å²) in [5, 5.41) is 8.55. The van der Waals surface area contributed by atoms with E-state index in [2.05, 4.69) is 11.6 Å². The molecule has 0 aliphatic heterocycles. The summed E-state index contributed by atoms with van der Waals surface area (Å²) < 4.78 is 0. The number of alkyl halides is 1. The van der Waals surface area contributed by atoms with Gasteiger partial charge in [0.05, 0.1) is 0 Å². The minimum atomic E-state index is -0.889. The lowest BCUT2D eigenvalue weighted by atomic mass is 10.0. The molecule has 4 heteroatoms. The molecule has 0 atom stereocenters. The molecule has 0 saturated heterocycles. The van der Waals surface area contributed by atoms with E-state index in [1.54, 1.807) is 0 Å². The minimum Gasteiger partial charge on any atom is -0.480 e. The minimum absolute atomic E-state index is 0.641. The van der Waals surface area contributed by atoms with E-state index in [-0.39, 0.29) is 0 Å². The molecule has 0 aromatic heterocycles. The molecule has 0 aromatic carbocycles. The lowest BCUT2D eigenvalue weighted by molar-refractivity contribution is -0.143. The van der Waals surface area contributed by atoms with Crippen LogP contribution in [0.2, 0.25) is 0 Å². The summed E-state index contributed by atoms with van der Waals surface area (Å²) >= 11 is 4.64. The van der Waals surface area contributed by atoms with Crippen molar-refractivity contribution in [2.24, 2.45) is 5.73 Å². The Balaban J connectivity index is 0.000000461. The number of carboxylic acids is 1. The summed E-state index contributed by atoms with van der Waals surface area (Å²) in [6, 6.07) is 0. The Morgan fingerprint density at radius 2 is 1.82 bits per heavy atom. The summed E-state index contributed by atoms with van der Waals surface area (Å²) in [6.45, 7) is 0. The molecule has 3 N–H and O–H groups in total. The van der Waals surface area contributed by atoms with E-state index in [9.17, 15) is 4.79 Å². The van der Waals surface area contributed by atoms with Gasteiger partial charge in [0.15, 0.2) is 0 Å². The van der Waals surface area contributed by atoms with Crippen LogP contribution in [-0.4, -0.2) is 23.0 Å². The van der Waals surface area contributed by atoms with Gasteiger partial charge in [-0.05, 0) is 12.8 Å². The molecule has 0 heterocycles. The van der Waals surface area contributed by atoms with Crippen molar-refractivity contribution < 1.29 is 9.90 Å². The zero-order valence-corrected chi connectivity index (χ0v) is 7.40. The van der Waals surface area contributed by atoms with Gasteiger partial charge in [0.2, 0.25) is 0 Å². The fraction of sp³-hybridized carbons (Fsp3) is 0.857. The maximum atomic E-state index is 10.4. The average molecular weight is 180 g/mol. The van der Waals surface area contributed by atoms with Crippen LogP contribution in [0.1, 0.15) is 25.7 Å². The zero-order chi connectivity index (χ0) is 8.91. The Morgan fingerprint density at radius 3 is 2.00 bits per heavy atom. The summed E-state index contributed by atoms with van der Waals surface area (Å²) in [7, 11) is 0. The van der Waals surface area contributed by atoms with Crippen LogP contribution < -0.4 is 5.73 Å². The highest BCUT2D eigenvalue weighted by Gasteiger charge is 2.36. The van der Waals surface area contributed by atoms with Crippen molar-refractivity contribution in [3.05, 3.63) is 0 Å². The predicted octanol–water partition coefficient (Wildman–Crippen LogP) is 1.20. The third-order valence-corrected chi connectivity index (χ3v) is 1.92. The molecule has 0 bridgehead atoms. The second-order valence-electron chi connectivity index (χ2n) is 2.67. The van der Waals surface area contributed by atoms with Gasteiger partial charge in [0.25, 0.3) is 0 Å². The summed E-state index contributed by atoms with van der Waals surface area (Å²) in [5.41, 5.74) is 4.61. The topological polar surface area (TPSA) is 63.3 Å². The van der Waals surface area contributed by atoms with Crippen LogP contribution in [0, 0.1) is 0 Å². The van der Waals surface area contributed by atoms with Crippen molar-refractivity contribution in [2.45, 2.75) is 31.2 Å². The van der Waals surface area contributed by atoms with E-state index in [1.807, 2.05) is 0 Å². The van der Waals surface area contributed by atoms with Crippen molar-refractivity contribution in [3.8, 4) is 0 Å². The normalized spacial score (nSPS) is 20.3. The van der Waals surface area contributed by atoms with E-state index >= 15 is 0 Å². The molecule has 1 aliphatic rings. The number of rotatable bonds is 1. The van der Waals surface area contributed by atoms with Gasteiger partial charge in [-0.1, -0.05) is 12.8 Å². The van der Waals surface area contributed by atoms with E-state index in [1.165, 1.54) is 6.38 Å². The first-order valence-corrected chi connectivity index (χ1v) is 4.31. The van der Waals surface area contributed by atoms with Gasteiger partial charge in [-0.3, -0.25) is 4.79 Å². The van der Waals surface area contributed by atoms with Crippen molar-refractivity contribution >= 4 is 17.6 Å². The summed E-state index contributed by atoms with van der Waals surface area (Å²) in [5.74, 6) is -0.847. The second-order valence-corrected chi connectivity index (χ2v) is 2.67. The molecular formula is C7H14ClNO2. The number of carbonyl (C=O) groups is 1. The molecule has 1 rings (SSSR count). The van der Waals surface area contributed by atoms with Gasteiger partial charge < -0.3 is 10.8 Å². The molecule has 3 nitrogen and oxygen atoms in total. The van der Waals surface area contributed by atoms with Crippen molar-refractivity contribution in [3.63, 3.8) is 0 Å². The SMILES string of the molecule is CCl.NC1(C(=O)O)CCCC1. The first-order valence-electron chi connectivity index (χ1n) is 3.55. The van der Waals surface area contributed by atoms with E-state index in [0.29, 0.717) is 12.8 Å². The fourth-order valence-electron chi connectivity index (χ4n) is 1.22. The third-order valence-electron chi connectivity index (χ3n) is 1.92. The zero-order valence-electron chi connectivity index (χ0n) is 6.64. The molecule has 1 aliphatic carbocycles. The standard InChI is InChI=1S/C6H11NO2.CH3Cl/c7-6(5(8)9)3-1-2-4-6;1-2/h1-4,7H2,(H,8,9);1H3. The van der Waals surface area contributed by atoms with Crippen LogP contribution in [0.5, 0.6) is 0 Å². The highest BCUT2D eigenvalue weighted by molar-refractivity contribution is 6.15. The Hall–Kier alpha value is -0.280. The molecule has 0 spiro atoms. The molecular weight excluding hydrogens is 166 g/mol. The first-order chi connectivity index (χ1) is 5.15. The van der Waals surface area contributed by atoms with Crippen molar-refractivity contribution in [1.29, 1.82) is 0 Å². The highest BCUT2D eigenvalue weighted by Crippen LogP contribution is 2.26. The molecule has 11 heavy (non-hydrogen) atoms. The number of nitrogens with two attached hydrogens (primary N) is 1. The van der Waals surface area contributed by atoms with E-state index in [0.717, 1.165) is 12.8 Å². The highest BCUT2D eigenvalue weighted by atomic mass is 35.5. The number of halogens is 1. The van der Waals surface area contributed by atoms with Gasteiger partial charge >= 0.3 is 5.97 Å². The predicted molar refractivity (Wildman–Crippen MR) is 44.8 cm³/mol. The Bertz CT molecular complexity index is 132. The molecule has 0 unspecified atom stereocenters. The Labute approximate surface area is 71.5 Å². The first kappa shape index (κ1) is 10.7. The smallest absolute Gasteiger partial charge is 0.323 e. The Kier molecular flexibility index (Phi) is 4.45. The van der Waals surface area contributed by atoms with Crippen molar-refractivity contribution in [2.75, 3.05) is 6.38 Å². The molecule has 1 saturated carbocycles. The monoisotopic (exact) mass is 179 g/mol. The third kappa shape index (κ3) is 2.67. The van der Waals surface area contributed by atoms with Gasteiger partial charge in [-0.15, -0.1) is 11.6 Å². The number of carboxylic acid groups (broad SMARTS) is 1. The lowest BCUT2D eigenvalue weighted by Gasteiger charge is -2.15. The lowest BCUT2D eigenvalue weighted by Crippen LogP contribution is -2.44. The molecule has 0 radical (unpaired) electrons. The number of hydrogen-bond donors (Lipinski definition) is 2. The Morgan fingerprint density at radius 1 is 1.45 bits per heavy atom. The molecule has 1 fully saturated rings. The van der Waals surface area contributed by atoms with Crippen molar-refractivity contribution in [1.82, 2.24) is 0 Å². The number of hydrogen-bond acceptors (Lipinski definition) is 2. The largest absolute Gasteiger partial charge is 0.480 e. The summed E-state index contributed by atoms with van der Waals surface area (Å²) in [4.78, 5) is 10.4. The van der Waals surface area contributed by atoms with E-state index < -0.39 is 11.5 Å². The fourth-order valence-corrected chi connectivity index (χ4v) is 1.22. The van der Waals surface area contributed by atoms with Crippen LogP contribution in [0.3, 0.4) is 0 Å². The van der Waals surface area contributed by atoms with Gasteiger partial charge in [-0.25, -0.2) is 0 Å². The maximum Gasteiger partial charge on any atom is 0.323 e. The van der Waals surface area contributed by atoms with Gasteiger partial charge in [-0.2, -0.15) is 0 Å². The molecule has 0 amide bonds. The van der Waals surface area contributed by atoms with Gasteiger partial charge in [0.1, 0.15) is 5.54 Å².